The average molecular weight is 420 g/mol. The van der Waals surface area contributed by atoms with Gasteiger partial charge >= 0.3 is 0 Å². The summed E-state index contributed by atoms with van der Waals surface area (Å²) in [7, 11) is 4.56. The molecule has 1 N–H and O–H groups in total. The highest BCUT2D eigenvalue weighted by Crippen LogP contribution is 2.42. The molecule has 1 aliphatic rings. The van der Waals surface area contributed by atoms with E-state index in [1.807, 2.05) is 12.3 Å². The minimum atomic E-state index is -0.404. The number of thiazole rings is 1. The number of hydrogen-bond donors (Lipinski definition) is 1. The first-order chi connectivity index (χ1) is 14.0. The van der Waals surface area contributed by atoms with Crippen LogP contribution in [0.4, 0.5) is 5.69 Å². The van der Waals surface area contributed by atoms with Crippen LogP contribution in [0.15, 0.2) is 17.5 Å². The van der Waals surface area contributed by atoms with Gasteiger partial charge in [-0.2, -0.15) is 0 Å². The Bertz CT molecular complexity index is 873. The summed E-state index contributed by atoms with van der Waals surface area (Å²) < 4.78 is 16.0. The van der Waals surface area contributed by atoms with E-state index in [0.29, 0.717) is 42.4 Å². The molecule has 0 aliphatic carbocycles. The minimum absolute atomic E-state index is 0.116. The number of carbonyl (C=O) groups excluding carboxylic acids is 2. The summed E-state index contributed by atoms with van der Waals surface area (Å²) in [4.78, 5) is 31.1. The molecule has 0 spiro atoms. The number of methoxy groups -OCH3 is 3. The number of ether oxygens (including phenoxy) is 3. The van der Waals surface area contributed by atoms with E-state index in [-0.39, 0.29) is 18.2 Å². The number of nitrogens with one attached hydrogen (secondary N) is 1. The number of aromatic nitrogens is 1. The molecule has 2 amide bonds. The van der Waals surface area contributed by atoms with E-state index in [1.165, 1.54) is 21.3 Å². The number of anilines is 1. The number of nitrogens with zero attached hydrogens (tertiary/aromatic N) is 2. The fraction of sp³-hybridized carbons (Fsp3) is 0.450. The Balaban J connectivity index is 1.65. The number of rotatable bonds is 8. The fourth-order valence-corrected chi connectivity index (χ4v) is 3.98. The zero-order chi connectivity index (χ0) is 21.0. The highest BCUT2D eigenvalue weighted by Gasteiger charge is 2.35. The van der Waals surface area contributed by atoms with E-state index in [1.54, 1.807) is 28.4 Å². The Labute approximate surface area is 173 Å². The van der Waals surface area contributed by atoms with E-state index in [9.17, 15) is 9.59 Å². The Kier molecular flexibility index (Phi) is 6.58. The first-order valence-corrected chi connectivity index (χ1v) is 10.1. The average Bonchev–Trinajstić information content (AvgIpc) is 3.32. The molecule has 1 atom stereocenters. The Hall–Kier alpha value is -2.81. The lowest BCUT2D eigenvalue weighted by Crippen LogP contribution is -2.34. The van der Waals surface area contributed by atoms with Gasteiger partial charge < -0.3 is 24.4 Å². The zero-order valence-electron chi connectivity index (χ0n) is 17.0. The first-order valence-electron chi connectivity index (χ1n) is 9.26. The fourth-order valence-electron chi connectivity index (χ4n) is 3.34. The van der Waals surface area contributed by atoms with Crippen LogP contribution in [0, 0.1) is 12.8 Å². The van der Waals surface area contributed by atoms with Crippen LogP contribution in [0.5, 0.6) is 17.2 Å². The van der Waals surface area contributed by atoms with Crippen molar-refractivity contribution in [3.8, 4) is 17.2 Å². The molecular formula is C20H25N3O5S. The summed E-state index contributed by atoms with van der Waals surface area (Å²) in [5, 5.41) is 5.92. The molecule has 8 nitrogen and oxygen atoms in total. The maximum Gasteiger partial charge on any atom is 0.227 e. The van der Waals surface area contributed by atoms with Gasteiger partial charge in [-0.1, -0.05) is 0 Å². The van der Waals surface area contributed by atoms with Crippen LogP contribution in [0.2, 0.25) is 0 Å². The van der Waals surface area contributed by atoms with E-state index in [0.717, 1.165) is 10.7 Å². The second-order valence-corrected chi connectivity index (χ2v) is 7.75. The molecule has 2 aromatic rings. The van der Waals surface area contributed by atoms with E-state index >= 15 is 0 Å². The molecule has 156 valence electrons. The van der Waals surface area contributed by atoms with Crippen LogP contribution in [-0.2, 0) is 16.0 Å². The Morgan fingerprint density at radius 2 is 1.93 bits per heavy atom. The van der Waals surface area contributed by atoms with E-state index < -0.39 is 5.92 Å². The molecule has 0 bridgehead atoms. The van der Waals surface area contributed by atoms with Crippen molar-refractivity contribution in [3.05, 3.63) is 28.2 Å². The van der Waals surface area contributed by atoms with Crippen LogP contribution in [0.3, 0.4) is 0 Å². The number of benzene rings is 1. The third-order valence-corrected chi connectivity index (χ3v) is 5.63. The van der Waals surface area contributed by atoms with Crippen LogP contribution in [-0.4, -0.2) is 51.2 Å². The van der Waals surface area contributed by atoms with Crippen LogP contribution < -0.4 is 24.4 Å². The van der Waals surface area contributed by atoms with Crippen LogP contribution in [0.1, 0.15) is 17.1 Å². The largest absolute Gasteiger partial charge is 0.493 e. The summed E-state index contributed by atoms with van der Waals surface area (Å²) in [6, 6.07) is 3.42. The van der Waals surface area contributed by atoms with Crippen molar-refractivity contribution < 1.29 is 23.8 Å². The molecule has 3 rings (SSSR count). The van der Waals surface area contributed by atoms with E-state index in [2.05, 4.69) is 10.3 Å². The molecule has 1 aromatic carbocycles. The molecule has 9 heteroatoms. The second-order valence-electron chi connectivity index (χ2n) is 6.69. The molecule has 1 fully saturated rings. The summed E-state index contributed by atoms with van der Waals surface area (Å²) in [6.45, 7) is 2.75. The Morgan fingerprint density at radius 1 is 1.24 bits per heavy atom. The molecule has 1 unspecified atom stereocenters. The van der Waals surface area contributed by atoms with Crippen molar-refractivity contribution in [2.24, 2.45) is 5.92 Å². The zero-order valence-corrected chi connectivity index (χ0v) is 17.8. The molecule has 29 heavy (non-hydrogen) atoms. The number of amides is 2. The van der Waals surface area contributed by atoms with Gasteiger partial charge in [-0.05, 0) is 6.92 Å². The quantitative estimate of drug-likeness (QED) is 0.706. The smallest absolute Gasteiger partial charge is 0.227 e. The van der Waals surface area contributed by atoms with Crippen molar-refractivity contribution in [2.75, 3.05) is 39.3 Å². The molecular weight excluding hydrogens is 394 g/mol. The van der Waals surface area contributed by atoms with E-state index in [4.69, 9.17) is 14.2 Å². The van der Waals surface area contributed by atoms with Gasteiger partial charge in [0.2, 0.25) is 17.6 Å². The highest BCUT2D eigenvalue weighted by atomic mass is 32.1. The van der Waals surface area contributed by atoms with Gasteiger partial charge in [0.25, 0.3) is 0 Å². The summed E-state index contributed by atoms with van der Waals surface area (Å²) in [5.74, 6) is 0.729. The van der Waals surface area contributed by atoms with Gasteiger partial charge in [-0.3, -0.25) is 9.59 Å². The van der Waals surface area contributed by atoms with Crippen molar-refractivity contribution in [2.45, 2.75) is 19.8 Å². The van der Waals surface area contributed by atoms with Gasteiger partial charge in [-0.15, -0.1) is 11.3 Å². The molecule has 2 heterocycles. The highest BCUT2D eigenvalue weighted by molar-refractivity contribution is 7.09. The maximum atomic E-state index is 12.6. The van der Waals surface area contributed by atoms with Crippen LogP contribution in [0.25, 0.3) is 0 Å². The topological polar surface area (TPSA) is 90.0 Å². The molecule has 0 saturated carbocycles. The van der Waals surface area contributed by atoms with Gasteiger partial charge in [0, 0.05) is 43.4 Å². The van der Waals surface area contributed by atoms with Gasteiger partial charge in [0.1, 0.15) is 0 Å². The van der Waals surface area contributed by atoms with Gasteiger partial charge in [-0.25, -0.2) is 4.98 Å². The first kappa shape index (κ1) is 20.9. The summed E-state index contributed by atoms with van der Waals surface area (Å²) in [5.41, 5.74) is 1.58. The molecule has 1 aromatic heterocycles. The number of hydrogen-bond acceptors (Lipinski definition) is 7. The second kappa shape index (κ2) is 9.13. The van der Waals surface area contributed by atoms with Crippen molar-refractivity contribution in [1.29, 1.82) is 0 Å². The van der Waals surface area contributed by atoms with Crippen molar-refractivity contribution in [3.63, 3.8) is 0 Å². The normalized spacial score (nSPS) is 16.1. The molecule has 0 radical (unpaired) electrons. The maximum absolute atomic E-state index is 12.6. The van der Waals surface area contributed by atoms with Crippen LogP contribution >= 0.6 is 11.3 Å². The van der Waals surface area contributed by atoms with Gasteiger partial charge in [0.15, 0.2) is 11.5 Å². The third kappa shape index (κ3) is 4.61. The predicted molar refractivity (Wildman–Crippen MR) is 110 cm³/mol. The predicted octanol–water partition coefficient (Wildman–Crippen LogP) is 2.19. The monoisotopic (exact) mass is 419 g/mol. The number of carbonyl (C=O) groups is 2. The minimum Gasteiger partial charge on any atom is -0.493 e. The Morgan fingerprint density at radius 3 is 2.48 bits per heavy atom. The standard InChI is InChI=1S/C20H25N3O5S/c1-12-22-14(11-29-12)5-6-21-20(25)13-7-18(24)23(10-13)15-8-16(26-2)19(28-4)17(9-15)27-3/h8-9,11,13H,5-7,10H2,1-4H3,(H,21,25). The number of aryl methyl sites for hydroxylation is 1. The molecule has 1 aliphatic heterocycles. The molecule has 1 saturated heterocycles. The lowest BCUT2D eigenvalue weighted by atomic mass is 10.1. The lowest BCUT2D eigenvalue weighted by molar-refractivity contribution is -0.126. The lowest BCUT2D eigenvalue weighted by Gasteiger charge is -2.20. The third-order valence-electron chi connectivity index (χ3n) is 4.80. The van der Waals surface area contributed by atoms with Crippen molar-refractivity contribution >= 4 is 28.8 Å². The van der Waals surface area contributed by atoms with Crippen molar-refractivity contribution in [1.82, 2.24) is 10.3 Å². The summed E-state index contributed by atoms with van der Waals surface area (Å²) in [6.07, 6.45) is 0.839. The van der Waals surface area contributed by atoms with Gasteiger partial charge in [0.05, 0.1) is 43.6 Å². The SMILES string of the molecule is COc1cc(N2CC(C(=O)NCCc3csc(C)n3)CC2=O)cc(OC)c1OC. The summed E-state index contributed by atoms with van der Waals surface area (Å²) >= 11 is 1.59.